The Morgan fingerprint density at radius 2 is 2.12 bits per heavy atom. The van der Waals surface area contributed by atoms with E-state index >= 15 is 0 Å². The third-order valence-electron chi connectivity index (χ3n) is 4.09. The van der Waals surface area contributed by atoms with Crippen LogP contribution < -0.4 is 11.1 Å². The van der Waals surface area contributed by atoms with Crippen LogP contribution >= 0.6 is 0 Å². The van der Waals surface area contributed by atoms with Gasteiger partial charge in [-0.2, -0.15) is 0 Å². The summed E-state index contributed by atoms with van der Waals surface area (Å²) in [4.78, 5) is 14.4. The number of rotatable bonds is 2. The van der Waals surface area contributed by atoms with Crippen molar-refractivity contribution in [1.82, 2.24) is 10.2 Å². The SMILES string of the molecule is CC1CC(N)CC(C(=O)NC2CCN(C)C2)C1. The van der Waals surface area contributed by atoms with E-state index in [0.717, 1.165) is 38.8 Å². The molecule has 0 aromatic carbocycles. The summed E-state index contributed by atoms with van der Waals surface area (Å²) in [5, 5.41) is 3.18. The van der Waals surface area contributed by atoms with Gasteiger partial charge >= 0.3 is 0 Å². The van der Waals surface area contributed by atoms with Crippen molar-refractivity contribution in [2.45, 2.75) is 44.7 Å². The van der Waals surface area contributed by atoms with Crippen LogP contribution in [-0.4, -0.2) is 43.0 Å². The Labute approximate surface area is 104 Å². The number of carbonyl (C=O) groups excluding carboxylic acids is 1. The lowest BCUT2D eigenvalue weighted by Gasteiger charge is -2.31. The van der Waals surface area contributed by atoms with E-state index < -0.39 is 0 Å². The Bertz CT molecular complexity index is 272. The van der Waals surface area contributed by atoms with Gasteiger partial charge in [0.2, 0.25) is 5.91 Å². The van der Waals surface area contributed by atoms with Gasteiger partial charge in [-0.15, -0.1) is 0 Å². The maximum absolute atomic E-state index is 12.2. The van der Waals surface area contributed by atoms with Crippen LogP contribution in [0.15, 0.2) is 0 Å². The van der Waals surface area contributed by atoms with Crippen molar-refractivity contribution in [2.24, 2.45) is 17.6 Å². The second-order valence-electron chi connectivity index (χ2n) is 6.03. The van der Waals surface area contributed by atoms with Gasteiger partial charge in [0.05, 0.1) is 0 Å². The zero-order valence-corrected chi connectivity index (χ0v) is 11.0. The zero-order valence-electron chi connectivity index (χ0n) is 11.0. The van der Waals surface area contributed by atoms with E-state index in [9.17, 15) is 4.79 Å². The molecule has 0 bridgehead atoms. The van der Waals surface area contributed by atoms with E-state index in [1.807, 2.05) is 0 Å². The maximum Gasteiger partial charge on any atom is 0.223 e. The van der Waals surface area contributed by atoms with Crippen LogP contribution in [0.3, 0.4) is 0 Å². The van der Waals surface area contributed by atoms with Gasteiger partial charge in [-0.3, -0.25) is 4.79 Å². The van der Waals surface area contributed by atoms with Gasteiger partial charge in [-0.25, -0.2) is 0 Å². The number of nitrogens with zero attached hydrogens (tertiary/aromatic N) is 1. The number of hydrogen-bond donors (Lipinski definition) is 2. The summed E-state index contributed by atoms with van der Waals surface area (Å²) >= 11 is 0. The zero-order chi connectivity index (χ0) is 12.4. The average molecular weight is 239 g/mol. The molecule has 4 atom stereocenters. The molecule has 4 nitrogen and oxygen atoms in total. The standard InChI is InChI=1S/C13H25N3O/c1-9-5-10(7-11(14)6-9)13(17)15-12-3-4-16(2)8-12/h9-12H,3-8,14H2,1-2H3,(H,15,17). The molecule has 1 aliphatic carbocycles. The monoisotopic (exact) mass is 239 g/mol. The van der Waals surface area contributed by atoms with Gasteiger partial charge in [-0.05, 0) is 45.2 Å². The van der Waals surface area contributed by atoms with Crippen molar-refractivity contribution >= 4 is 5.91 Å². The number of likely N-dealkylation sites (tertiary alicyclic amines) is 1. The smallest absolute Gasteiger partial charge is 0.223 e. The molecule has 3 N–H and O–H groups in total. The van der Waals surface area contributed by atoms with E-state index in [2.05, 4.69) is 24.2 Å². The minimum atomic E-state index is 0.139. The molecule has 0 aromatic rings. The number of hydrogen-bond acceptors (Lipinski definition) is 3. The minimum Gasteiger partial charge on any atom is -0.352 e. The largest absolute Gasteiger partial charge is 0.352 e. The molecule has 1 amide bonds. The van der Waals surface area contributed by atoms with E-state index in [-0.39, 0.29) is 17.9 Å². The Kier molecular flexibility index (Phi) is 4.05. The highest BCUT2D eigenvalue weighted by molar-refractivity contribution is 5.79. The number of nitrogens with one attached hydrogen (secondary N) is 1. The van der Waals surface area contributed by atoms with Crippen LogP contribution in [-0.2, 0) is 4.79 Å². The molecule has 0 spiro atoms. The molecular formula is C13H25N3O. The first-order chi connectivity index (χ1) is 8.04. The molecule has 0 radical (unpaired) electrons. The second-order valence-corrected chi connectivity index (χ2v) is 6.03. The first-order valence-corrected chi connectivity index (χ1v) is 6.79. The van der Waals surface area contributed by atoms with E-state index in [1.54, 1.807) is 0 Å². The van der Waals surface area contributed by atoms with Crippen molar-refractivity contribution in [3.05, 3.63) is 0 Å². The number of amides is 1. The van der Waals surface area contributed by atoms with Crippen LogP contribution in [0.4, 0.5) is 0 Å². The average Bonchev–Trinajstić information content (AvgIpc) is 2.62. The second kappa shape index (κ2) is 5.36. The molecule has 1 heterocycles. The predicted octanol–water partition coefficient (Wildman–Crippen LogP) is 0.570. The van der Waals surface area contributed by atoms with Gasteiger partial charge in [0, 0.05) is 24.5 Å². The molecule has 2 aliphatic rings. The Morgan fingerprint density at radius 3 is 2.71 bits per heavy atom. The first kappa shape index (κ1) is 12.8. The fraction of sp³-hybridized carbons (Fsp3) is 0.923. The molecular weight excluding hydrogens is 214 g/mol. The minimum absolute atomic E-state index is 0.139. The Morgan fingerprint density at radius 1 is 1.35 bits per heavy atom. The van der Waals surface area contributed by atoms with Gasteiger partial charge in [0.15, 0.2) is 0 Å². The van der Waals surface area contributed by atoms with Crippen LogP contribution in [0.2, 0.25) is 0 Å². The van der Waals surface area contributed by atoms with Crippen LogP contribution in [0.1, 0.15) is 32.6 Å². The van der Waals surface area contributed by atoms with Crippen molar-refractivity contribution in [3.8, 4) is 0 Å². The maximum atomic E-state index is 12.2. The summed E-state index contributed by atoms with van der Waals surface area (Å²) < 4.78 is 0. The Hall–Kier alpha value is -0.610. The molecule has 4 unspecified atom stereocenters. The van der Waals surface area contributed by atoms with Crippen molar-refractivity contribution in [3.63, 3.8) is 0 Å². The number of nitrogens with two attached hydrogens (primary N) is 1. The lowest BCUT2D eigenvalue weighted by Crippen LogP contribution is -2.44. The van der Waals surface area contributed by atoms with Crippen LogP contribution in [0.5, 0.6) is 0 Å². The summed E-state index contributed by atoms with van der Waals surface area (Å²) in [7, 11) is 2.10. The molecule has 2 fully saturated rings. The lowest BCUT2D eigenvalue weighted by molar-refractivity contribution is -0.127. The van der Waals surface area contributed by atoms with Gasteiger partial charge < -0.3 is 16.0 Å². The fourth-order valence-corrected chi connectivity index (χ4v) is 3.24. The summed E-state index contributed by atoms with van der Waals surface area (Å²) in [5.41, 5.74) is 6.00. The molecule has 1 aliphatic heterocycles. The van der Waals surface area contributed by atoms with E-state index in [4.69, 9.17) is 5.73 Å². The Balaban J connectivity index is 1.82. The van der Waals surface area contributed by atoms with Gasteiger partial charge in [-0.1, -0.05) is 6.92 Å². The lowest BCUT2D eigenvalue weighted by atomic mass is 9.79. The van der Waals surface area contributed by atoms with Crippen molar-refractivity contribution in [1.29, 1.82) is 0 Å². The van der Waals surface area contributed by atoms with Crippen LogP contribution in [0, 0.1) is 11.8 Å². The topological polar surface area (TPSA) is 58.4 Å². The third-order valence-corrected chi connectivity index (χ3v) is 4.09. The predicted molar refractivity (Wildman–Crippen MR) is 68.5 cm³/mol. The highest BCUT2D eigenvalue weighted by Crippen LogP contribution is 2.28. The van der Waals surface area contributed by atoms with Crippen molar-refractivity contribution < 1.29 is 4.79 Å². The van der Waals surface area contributed by atoms with Crippen molar-refractivity contribution in [2.75, 3.05) is 20.1 Å². The summed E-state index contributed by atoms with van der Waals surface area (Å²) in [5.74, 6) is 0.952. The fourth-order valence-electron chi connectivity index (χ4n) is 3.24. The van der Waals surface area contributed by atoms with E-state index in [0.29, 0.717) is 12.0 Å². The molecule has 17 heavy (non-hydrogen) atoms. The molecule has 98 valence electrons. The summed E-state index contributed by atoms with van der Waals surface area (Å²) in [6.07, 6.45) is 4.01. The van der Waals surface area contributed by atoms with Gasteiger partial charge in [0.1, 0.15) is 0 Å². The third kappa shape index (κ3) is 3.42. The normalized spacial score (nSPS) is 39.2. The number of carbonyl (C=O) groups is 1. The highest BCUT2D eigenvalue weighted by atomic mass is 16.2. The molecule has 0 aromatic heterocycles. The highest BCUT2D eigenvalue weighted by Gasteiger charge is 2.31. The summed E-state index contributed by atoms with van der Waals surface area (Å²) in [6.45, 7) is 4.27. The number of likely N-dealkylation sites (N-methyl/N-ethyl adjacent to an activating group) is 1. The quantitative estimate of drug-likeness (QED) is 0.741. The summed E-state index contributed by atoms with van der Waals surface area (Å²) in [6, 6.07) is 0.557. The van der Waals surface area contributed by atoms with Gasteiger partial charge in [0.25, 0.3) is 0 Å². The molecule has 2 rings (SSSR count). The molecule has 1 saturated carbocycles. The first-order valence-electron chi connectivity index (χ1n) is 6.79. The van der Waals surface area contributed by atoms with E-state index in [1.165, 1.54) is 0 Å². The van der Waals surface area contributed by atoms with Crippen LogP contribution in [0.25, 0.3) is 0 Å². The molecule has 4 heteroatoms. The molecule has 1 saturated heterocycles.